The van der Waals surface area contributed by atoms with Crippen LogP contribution in [0.4, 0.5) is 4.39 Å². The SMILES string of the molecule is C=Cc1c(/C(=C\C)C(=O)NC(CC)c2cccnc2)cnn1-c1ccc(F)cc1.CCC. The van der Waals surface area contributed by atoms with E-state index < -0.39 is 0 Å². The highest BCUT2D eigenvalue weighted by molar-refractivity contribution is 6.20. The standard InChI is InChI=1S/C23H23FN4O.C3H8/c1-4-19(23(29)27-21(5-2)16-8-7-13-25-14-16)20-15-26-28(22(20)6-3)18-11-9-17(24)10-12-18;1-3-2/h4,6-15,21H,3,5H2,1-2H3,(H,27,29);3H2,1-2H3/b19-4+;. The molecule has 1 N–H and O–H groups in total. The number of hydrogen-bond acceptors (Lipinski definition) is 3. The Balaban J connectivity index is 0.00000114. The second-order valence-electron chi connectivity index (χ2n) is 7.17. The Morgan fingerprint density at radius 3 is 2.41 bits per heavy atom. The zero-order valence-corrected chi connectivity index (χ0v) is 19.2. The van der Waals surface area contributed by atoms with Gasteiger partial charge in [0.1, 0.15) is 5.82 Å². The quantitative estimate of drug-likeness (QED) is 0.455. The van der Waals surface area contributed by atoms with Crippen LogP contribution in [0.2, 0.25) is 0 Å². The minimum Gasteiger partial charge on any atom is -0.345 e. The summed E-state index contributed by atoms with van der Waals surface area (Å²) >= 11 is 0. The Bertz CT molecular complexity index is 1040. The Morgan fingerprint density at radius 2 is 1.88 bits per heavy atom. The van der Waals surface area contributed by atoms with E-state index in [0.29, 0.717) is 22.5 Å². The fourth-order valence-electron chi connectivity index (χ4n) is 3.20. The average Bonchev–Trinajstić information content (AvgIpc) is 3.23. The van der Waals surface area contributed by atoms with Crippen molar-refractivity contribution in [2.24, 2.45) is 0 Å². The third-order valence-corrected chi connectivity index (χ3v) is 4.69. The number of amides is 1. The van der Waals surface area contributed by atoms with Crippen LogP contribution < -0.4 is 5.32 Å². The first-order chi connectivity index (χ1) is 15.5. The lowest BCUT2D eigenvalue weighted by Gasteiger charge is -2.18. The van der Waals surface area contributed by atoms with Crippen LogP contribution in [0.1, 0.15) is 63.4 Å². The minimum absolute atomic E-state index is 0.148. The Hall–Kier alpha value is -3.54. The molecule has 32 heavy (non-hydrogen) atoms. The van der Waals surface area contributed by atoms with Gasteiger partial charge in [0.2, 0.25) is 0 Å². The second kappa shape index (κ2) is 12.3. The van der Waals surface area contributed by atoms with Crippen LogP contribution in [0.25, 0.3) is 17.3 Å². The monoisotopic (exact) mass is 434 g/mol. The molecule has 2 heterocycles. The van der Waals surface area contributed by atoms with Crippen LogP contribution >= 0.6 is 0 Å². The van der Waals surface area contributed by atoms with E-state index in [0.717, 1.165) is 12.0 Å². The molecule has 1 unspecified atom stereocenters. The van der Waals surface area contributed by atoms with E-state index in [1.165, 1.54) is 18.6 Å². The van der Waals surface area contributed by atoms with Crippen molar-refractivity contribution in [1.82, 2.24) is 20.1 Å². The Labute approximate surface area is 189 Å². The third-order valence-electron chi connectivity index (χ3n) is 4.69. The van der Waals surface area contributed by atoms with Gasteiger partial charge in [0, 0.05) is 23.5 Å². The molecule has 1 amide bonds. The van der Waals surface area contributed by atoms with Gasteiger partial charge in [0.15, 0.2) is 0 Å². The topological polar surface area (TPSA) is 59.8 Å². The van der Waals surface area contributed by atoms with Gasteiger partial charge < -0.3 is 5.32 Å². The van der Waals surface area contributed by atoms with Gasteiger partial charge in [-0.25, -0.2) is 9.07 Å². The molecule has 1 aromatic carbocycles. The zero-order chi connectivity index (χ0) is 23.5. The molecule has 0 fully saturated rings. The van der Waals surface area contributed by atoms with E-state index in [9.17, 15) is 9.18 Å². The maximum absolute atomic E-state index is 13.3. The summed E-state index contributed by atoms with van der Waals surface area (Å²) in [6.45, 7) is 11.9. The summed E-state index contributed by atoms with van der Waals surface area (Å²) in [5.41, 5.74) is 3.45. The third kappa shape index (κ3) is 6.00. The first-order valence-electron chi connectivity index (χ1n) is 10.8. The zero-order valence-electron chi connectivity index (χ0n) is 19.2. The summed E-state index contributed by atoms with van der Waals surface area (Å²) in [6, 6.07) is 9.64. The number of hydrogen-bond donors (Lipinski definition) is 1. The van der Waals surface area contributed by atoms with Gasteiger partial charge in [0.05, 0.1) is 23.6 Å². The normalized spacial score (nSPS) is 11.8. The van der Waals surface area contributed by atoms with Crippen molar-refractivity contribution in [3.05, 3.63) is 90.3 Å². The van der Waals surface area contributed by atoms with E-state index in [1.54, 1.807) is 47.6 Å². The molecule has 3 aromatic rings. The van der Waals surface area contributed by atoms with Crippen LogP contribution in [0.5, 0.6) is 0 Å². The largest absolute Gasteiger partial charge is 0.345 e. The van der Waals surface area contributed by atoms with Gasteiger partial charge in [-0.05, 0) is 55.3 Å². The lowest BCUT2D eigenvalue weighted by Crippen LogP contribution is -2.29. The number of halogens is 1. The number of nitrogens with one attached hydrogen (secondary N) is 1. The lowest BCUT2D eigenvalue weighted by atomic mass is 10.0. The summed E-state index contributed by atoms with van der Waals surface area (Å²) in [5, 5.41) is 7.46. The van der Waals surface area contributed by atoms with Crippen molar-refractivity contribution in [1.29, 1.82) is 0 Å². The number of allylic oxidation sites excluding steroid dienone is 1. The smallest absolute Gasteiger partial charge is 0.252 e. The fourth-order valence-corrected chi connectivity index (χ4v) is 3.20. The van der Waals surface area contributed by atoms with Crippen LogP contribution in [0, 0.1) is 5.82 Å². The van der Waals surface area contributed by atoms with Crippen molar-refractivity contribution >= 4 is 17.6 Å². The molecule has 0 aliphatic carbocycles. The molecule has 3 rings (SSSR count). The van der Waals surface area contributed by atoms with Gasteiger partial charge in [-0.2, -0.15) is 5.10 Å². The van der Waals surface area contributed by atoms with E-state index in [4.69, 9.17) is 0 Å². The highest BCUT2D eigenvalue weighted by Gasteiger charge is 2.21. The number of rotatable bonds is 7. The predicted molar refractivity (Wildman–Crippen MR) is 129 cm³/mol. The van der Waals surface area contributed by atoms with Gasteiger partial charge in [-0.15, -0.1) is 0 Å². The van der Waals surface area contributed by atoms with Crippen molar-refractivity contribution in [3.8, 4) is 5.69 Å². The van der Waals surface area contributed by atoms with E-state index in [2.05, 4.69) is 35.8 Å². The fraction of sp³-hybridized carbons (Fsp3) is 0.269. The summed E-state index contributed by atoms with van der Waals surface area (Å²) < 4.78 is 14.9. The Kier molecular flexibility index (Phi) is 9.54. The molecule has 1 atom stereocenters. The van der Waals surface area contributed by atoms with Gasteiger partial charge in [-0.1, -0.05) is 45.9 Å². The molecule has 2 aromatic heterocycles. The molecular weight excluding hydrogens is 403 g/mol. The molecule has 0 bridgehead atoms. The number of benzene rings is 1. The van der Waals surface area contributed by atoms with Gasteiger partial charge >= 0.3 is 0 Å². The van der Waals surface area contributed by atoms with Crippen molar-refractivity contribution < 1.29 is 9.18 Å². The average molecular weight is 435 g/mol. The first-order valence-corrected chi connectivity index (χ1v) is 10.8. The van der Waals surface area contributed by atoms with Crippen LogP contribution in [-0.2, 0) is 4.79 Å². The molecule has 0 aliphatic rings. The van der Waals surface area contributed by atoms with Crippen molar-refractivity contribution in [2.45, 2.75) is 46.6 Å². The summed E-state index contributed by atoms with van der Waals surface area (Å²) in [5.74, 6) is -0.527. The minimum atomic E-state index is -0.323. The first kappa shape index (κ1) is 24.7. The number of carbonyl (C=O) groups excluding carboxylic acids is 1. The highest BCUT2D eigenvalue weighted by atomic mass is 19.1. The van der Waals surface area contributed by atoms with Gasteiger partial charge in [-0.3, -0.25) is 9.78 Å². The molecule has 0 saturated heterocycles. The molecule has 0 radical (unpaired) electrons. The second-order valence-corrected chi connectivity index (χ2v) is 7.17. The maximum Gasteiger partial charge on any atom is 0.252 e. The van der Waals surface area contributed by atoms with Crippen LogP contribution in [0.3, 0.4) is 0 Å². The molecular formula is C26H31FN4O. The van der Waals surface area contributed by atoms with E-state index in [-0.39, 0.29) is 17.8 Å². The summed E-state index contributed by atoms with van der Waals surface area (Å²) in [6.07, 6.45) is 10.5. The molecule has 0 spiro atoms. The molecule has 168 valence electrons. The predicted octanol–water partition coefficient (Wildman–Crippen LogP) is 6.14. The van der Waals surface area contributed by atoms with Crippen LogP contribution in [-0.4, -0.2) is 20.7 Å². The number of carbonyl (C=O) groups is 1. The number of pyridine rings is 1. The summed E-state index contributed by atoms with van der Waals surface area (Å²) in [4.78, 5) is 17.2. The van der Waals surface area contributed by atoms with Gasteiger partial charge in [0.25, 0.3) is 5.91 Å². The summed E-state index contributed by atoms with van der Waals surface area (Å²) in [7, 11) is 0. The Morgan fingerprint density at radius 1 is 1.19 bits per heavy atom. The number of aromatic nitrogens is 3. The molecule has 6 heteroatoms. The maximum atomic E-state index is 13.3. The molecule has 0 aliphatic heterocycles. The van der Waals surface area contributed by atoms with E-state index >= 15 is 0 Å². The van der Waals surface area contributed by atoms with Crippen molar-refractivity contribution in [2.75, 3.05) is 0 Å². The van der Waals surface area contributed by atoms with Crippen molar-refractivity contribution in [3.63, 3.8) is 0 Å². The number of nitrogens with zero attached hydrogens (tertiary/aromatic N) is 3. The van der Waals surface area contributed by atoms with Crippen LogP contribution in [0.15, 0.2) is 67.6 Å². The van der Waals surface area contributed by atoms with E-state index in [1.807, 2.05) is 26.0 Å². The molecule has 5 nitrogen and oxygen atoms in total. The lowest BCUT2D eigenvalue weighted by molar-refractivity contribution is -0.116. The highest BCUT2D eigenvalue weighted by Crippen LogP contribution is 2.25. The molecule has 0 saturated carbocycles.